The molecule has 0 amide bonds. The molecule has 2 saturated carbocycles. The van der Waals surface area contributed by atoms with Crippen LogP contribution in [0.3, 0.4) is 0 Å². The molecule has 0 aromatic carbocycles. The minimum atomic E-state index is 0.421. The van der Waals surface area contributed by atoms with Gasteiger partial charge in [0.15, 0.2) is 0 Å². The first kappa shape index (κ1) is 12.9. The summed E-state index contributed by atoms with van der Waals surface area (Å²) >= 11 is 0. The molecule has 1 heterocycles. The average molecular weight is 264 g/mol. The van der Waals surface area contributed by atoms with Crippen molar-refractivity contribution in [3.05, 3.63) is 5.89 Å². The van der Waals surface area contributed by atoms with Crippen molar-refractivity contribution in [3.63, 3.8) is 0 Å². The van der Waals surface area contributed by atoms with E-state index in [1.165, 1.54) is 44.9 Å². The Bertz CT molecular complexity index is 396. The molecule has 0 radical (unpaired) electrons. The van der Waals surface area contributed by atoms with Crippen LogP contribution in [0.25, 0.3) is 0 Å². The third-order valence-corrected chi connectivity index (χ3v) is 4.29. The number of hydrogen-bond acceptors (Lipinski definition) is 5. The highest BCUT2D eigenvalue weighted by Gasteiger charge is 2.23. The monoisotopic (exact) mass is 264 g/mol. The molecule has 2 fully saturated rings. The minimum absolute atomic E-state index is 0.421. The highest BCUT2D eigenvalue weighted by Crippen LogP contribution is 2.27. The lowest BCUT2D eigenvalue weighted by Crippen LogP contribution is -2.27. The van der Waals surface area contributed by atoms with Crippen LogP contribution in [0.15, 0.2) is 4.42 Å². The van der Waals surface area contributed by atoms with E-state index in [-0.39, 0.29) is 0 Å². The Hall–Kier alpha value is -1.10. The first-order valence-corrected chi connectivity index (χ1v) is 7.63. The molecule has 3 rings (SSSR count). The van der Waals surface area contributed by atoms with Gasteiger partial charge in [0.05, 0.1) is 6.54 Å². The van der Waals surface area contributed by atoms with Crippen molar-refractivity contribution in [1.29, 1.82) is 0 Å². The molecule has 1 aromatic rings. The SMILES string of the molecule is CC(Nc1nnc(CNC2CC2)o1)C1CCCCC1. The van der Waals surface area contributed by atoms with Crippen LogP contribution in [0.4, 0.5) is 6.01 Å². The standard InChI is InChI=1S/C14H24N4O/c1-10(11-5-3-2-4-6-11)16-14-18-17-13(19-14)9-15-12-7-8-12/h10-12,15H,2-9H2,1H3,(H,16,18). The zero-order valence-corrected chi connectivity index (χ0v) is 11.7. The minimum Gasteiger partial charge on any atom is -0.407 e. The van der Waals surface area contributed by atoms with Crippen molar-refractivity contribution in [3.8, 4) is 0 Å². The first-order valence-electron chi connectivity index (χ1n) is 7.63. The molecule has 2 N–H and O–H groups in total. The van der Waals surface area contributed by atoms with Crippen molar-refractivity contribution < 1.29 is 4.42 Å². The second-order valence-corrected chi connectivity index (χ2v) is 5.99. The molecule has 1 aromatic heterocycles. The van der Waals surface area contributed by atoms with Crippen molar-refractivity contribution in [2.24, 2.45) is 5.92 Å². The van der Waals surface area contributed by atoms with Gasteiger partial charge in [-0.1, -0.05) is 24.4 Å². The smallest absolute Gasteiger partial charge is 0.315 e. The van der Waals surface area contributed by atoms with Crippen molar-refractivity contribution >= 4 is 6.01 Å². The van der Waals surface area contributed by atoms with Crippen LogP contribution in [-0.2, 0) is 6.54 Å². The lowest BCUT2D eigenvalue weighted by Gasteiger charge is -2.27. The Morgan fingerprint density at radius 1 is 1.16 bits per heavy atom. The van der Waals surface area contributed by atoms with E-state index in [4.69, 9.17) is 4.42 Å². The van der Waals surface area contributed by atoms with Gasteiger partial charge in [-0.2, -0.15) is 0 Å². The number of rotatable bonds is 6. The van der Waals surface area contributed by atoms with E-state index in [0.29, 0.717) is 30.5 Å². The third-order valence-electron chi connectivity index (χ3n) is 4.29. The highest BCUT2D eigenvalue weighted by atomic mass is 16.4. The summed E-state index contributed by atoms with van der Waals surface area (Å²) in [6.07, 6.45) is 9.29. The lowest BCUT2D eigenvalue weighted by atomic mass is 9.85. The van der Waals surface area contributed by atoms with Crippen LogP contribution < -0.4 is 10.6 Å². The van der Waals surface area contributed by atoms with Crippen molar-refractivity contribution in [2.45, 2.75) is 70.5 Å². The van der Waals surface area contributed by atoms with E-state index < -0.39 is 0 Å². The van der Waals surface area contributed by atoms with Gasteiger partial charge in [-0.25, -0.2) is 0 Å². The van der Waals surface area contributed by atoms with Gasteiger partial charge < -0.3 is 15.1 Å². The Balaban J connectivity index is 1.47. The van der Waals surface area contributed by atoms with Crippen LogP contribution in [-0.4, -0.2) is 22.3 Å². The summed E-state index contributed by atoms with van der Waals surface area (Å²) < 4.78 is 5.63. The van der Waals surface area contributed by atoms with Gasteiger partial charge in [0.2, 0.25) is 5.89 Å². The molecule has 2 aliphatic carbocycles. The quantitative estimate of drug-likeness (QED) is 0.827. The van der Waals surface area contributed by atoms with E-state index in [9.17, 15) is 0 Å². The Morgan fingerprint density at radius 3 is 2.68 bits per heavy atom. The van der Waals surface area contributed by atoms with Gasteiger partial charge in [0.1, 0.15) is 0 Å². The average Bonchev–Trinajstić information content (AvgIpc) is 3.17. The van der Waals surface area contributed by atoms with E-state index in [1.807, 2.05) is 0 Å². The molecule has 5 nitrogen and oxygen atoms in total. The van der Waals surface area contributed by atoms with Crippen LogP contribution in [0.5, 0.6) is 0 Å². The van der Waals surface area contributed by atoms with E-state index in [1.54, 1.807) is 0 Å². The van der Waals surface area contributed by atoms with Gasteiger partial charge in [-0.05, 0) is 38.5 Å². The summed E-state index contributed by atoms with van der Waals surface area (Å²) in [5.74, 6) is 1.43. The van der Waals surface area contributed by atoms with Crippen molar-refractivity contribution in [2.75, 3.05) is 5.32 Å². The Morgan fingerprint density at radius 2 is 1.95 bits per heavy atom. The largest absolute Gasteiger partial charge is 0.407 e. The highest BCUT2D eigenvalue weighted by molar-refractivity contribution is 5.19. The molecular formula is C14H24N4O. The summed E-state index contributed by atoms with van der Waals surface area (Å²) in [7, 11) is 0. The summed E-state index contributed by atoms with van der Waals surface area (Å²) in [5.41, 5.74) is 0. The topological polar surface area (TPSA) is 63.0 Å². The first-order chi connectivity index (χ1) is 9.31. The number of hydrogen-bond donors (Lipinski definition) is 2. The van der Waals surface area contributed by atoms with Crippen LogP contribution in [0.1, 0.15) is 57.8 Å². The zero-order valence-electron chi connectivity index (χ0n) is 11.7. The van der Waals surface area contributed by atoms with Crippen LogP contribution in [0.2, 0.25) is 0 Å². The fourth-order valence-electron chi connectivity index (χ4n) is 2.85. The van der Waals surface area contributed by atoms with Gasteiger partial charge in [-0.3, -0.25) is 0 Å². The van der Waals surface area contributed by atoms with E-state index >= 15 is 0 Å². The van der Waals surface area contributed by atoms with Crippen LogP contribution in [0, 0.1) is 5.92 Å². The Labute approximate surface area is 114 Å². The predicted molar refractivity (Wildman–Crippen MR) is 73.8 cm³/mol. The van der Waals surface area contributed by atoms with E-state index in [2.05, 4.69) is 27.8 Å². The molecule has 5 heteroatoms. The maximum absolute atomic E-state index is 5.63. The number of aromatic nitrogens is 2. The molecule has 106 valence electrons. The normalized spacial score (nSPS) is 22.4. The molecular weight excluding hydrogens is 240 g/mol. The number of nitrogens with one attached hydrogen (secondary N) is 2. The molecule has 0 spiro atoms. The molecule has 0 saturated heterocycles. The molecule has 19 heavy (non-hydrogen) atoms. The Kier molecular flexibility index (Phi) is 4.01. The summed E-state index contributed by atoms with van der Waals surface area (Å²) in [6, 6.07) is 1.67. The van der Waals surface area contributed by atoms with E-state index in [0.717, 1.165) is 5.92 Å². The van der Waals surface area contributed by atoms with Gasteiger partial charge in [0, 0.05) is 12.1 Å². The molecule has 0 bridgehead atoms. The lowest BCUT2D eigenvalue weighted by molar-refractivity contribution is 0.324. The van der Waals surface area contributed by atoms with Gasteiger partial charge in [0.25, 0.3) is 0 Å². The number of anilines is 1. The summed E-state index contributed by atoms with van der Waals surface area (Å²) in [5, 5.41) is 14.9. The van der Waals surface area contributed by atoms with Gasteiger partial charge >= 0.3 is 6.01 Å². The zero-order chi connectivity index (χ0) is 13.1. The third kappa shape index (κ3) is 3.69. The summed E-state index contributed by atoms with van der Waals surface area (Å²) in [4.78, 5) is 0. The van der Waals surface area contributed by atoms with Crippen LogP contribution >= 0.6 is 0 Å². The molecule has 0 aliphatic heterocycles. The maximum atomic E-state index is 5.63. The second kappa shape index (κ2) is 5.90. The fraction of sp³-hybridized carbons (Fsp3) is 0.857. The molecule has 2 aliphatic rings. The fourth-order valence-corrected chi connectivity index (χ4v) is 2.85. The number of nitrogens with zero attached hydrogens (tertiary/aromatic N) is 2. The predicted octanol–water partition coefficient (Wildman–Crippen LogP) is 2.70. The van der Waals surface area contributed by atoms with Crippen molar-refractivity contribution in [1.82, 2.24) is 15.5 Å². The molecule has 1 atom stereocenters. The second-order valence-electron chi connectivity index (χ2n) is 5.99. The molecule has 1 unspecified atom stereocenters. The van der Waals surface area contributed by atoms with Gasteiger partial charge in [-0.15, -0.1) is 5.10 Å². The summed E-state index contributed by atoms with van der Waals surface area (Å²) in [6.45, 7) is 2.92. The maximum Gasteiger partial charge on any atom is 0.315 e.